The highest BCUT2D eigenvalue weighted by molar-refractivity contribution is 5.75. The maximum Gasteiger partial charge on any atom is 0.157 e. The first-order chi connectivity index (χ1) is 6.29. The van der Waals surface area contributed by atoms with Gasteiger partial charge < -0.3 is 14.3 Å². The van der Waals surface area contributed by atoms with Crippen molar-refractivity contribution in [3.05, 3.63) is 0 Å². The molecule has 0 saturated carbocycles. The molecule has 0 radical (unpaired) electrons. The fraction of sp³-hybridized carbons (Fsp3) is 0.900. The van der Waals surface area contributed by atoms with Crippen LogP contribution in [0, 0.1) is 0 Å². The van der Waals surface area contributed by atoms with E-state index >= 15 is 0 Å². The standard InChI is InChI=1S/C10H18O3/c1-9(11)5-4-8-13-10-6-2-3-7-12-10/h10H,2-8H2,1H3. The van der Waals surface area contributed by atoms with Crippen LogP contribution < -0.4 is 0 Å². The summed E-state index contributed by atoms with van der Waals surface area (Å²) in [5.41, 5.74) is 0. The lowest BCUT2D eigenvalue weighted by Gasteiger charge is -2.22. The Labute approximate surface area is 79.4 Å². The SMILES string of the molecule is CC(=O)CCCOC1CCCCO1. The first-order valence-corrected chi connectivity index (χ1v) is 5.01. The van der Waals surface area contributed by atoms with E-state index in [0.29, 0.717) is 13.0 Å². The second-order valence-electron chi connectivity index (χ2n) is 3.47. The third kappa shape index (κ3) is 5.01. The minimum Gasteiger partial charge on any atom is -0.353 e. The molecule has 0 bridgehead atoms. The van der Waals surface area contributed by atoms with Crippen LogP contribution >= 0.6 is 0 Å². The molecule has 0 aromatic carbocycles. The van der Waals surface area contributed by atoms with Crippen molar-refractivity contribution in [1.82, 2.24) is 0 Å². The van der Waals surface area contributed by atoms with E-state index in [2.05, 4.69) is 0 Å². The van der Waals surface area contributed by atoms with E-state index in [4.69, 9.17) is 9.47 Å². The van der Waals surface area contributed by atoms with Gasteiger partial charge in [-0.05, 0) is 32.6 Å². The Bertz CT molecular complexity index is 150. The Kier molecular flexibility index (Phi) is 5.01. The zero-order valence-corrected chi connectivity index (χ0v) is 8.25. The summed E-state index contributed by atoms with van der Waals surface area (Å²) in [7, 11) is 0. The quantitative estimate of drug-likeness (QED) is 0.615. The average molecular weight is 186 g/mol. The molecule has 13 heavy (non-hydrogen) atoms. The number of rotatable bonds is 5. The van der Waals surface area contributed by atoms with Gasteiger partial charge in [-0.25, -0.2) is 0 Å². The highest BCUT2D eigenvalue weighted by Gasteiger charge is 2.13. The molecule has 0 aliphatic carbocycles. The van der Waals surface area contributed by atoms with Gasteiger partial charge in [0.15, 0.2) is 6.29 Å². The molecule has 3 nitrogen and oxygen atoms in total. The van der Waals surface area contributed by atoms with Gasteiger partial charge in [0.05, 0.1) is 6.61 Å². The number of carbonyl (C=O) groups excluding carboxylic acids is 1. The molecule has 1 aliphatic rings. The monoisotopic (exact) mass is 186 g/mol. The molecule has 0 amide bonds. The molecule has 1 unspecified atom stereocenters. The minimum atomic E-state index is -0.0132. The van der Waals surface area contributed by atoms with Crippen LogP contribution in [0.3, 0.4) is 0 Å². The van der Waals surface area contributed by atoms with Crippen LogP contribution in [-0.2, 0) is 14.3 Å². The minimum absolute atomic E-state index is 0.0132. The summed E-state index contributed by atoms with van der Waals surface area (Å²) in [6, 6.07) is 0. The number of carbonyl (C=O) groups is 1. The lowest BCUT2D eigenvalue weighted by Crippen LogP contribution is -2.22. The van der Waals surface area contributed by atoms with Crippen LogP contribution in [0.1, 0.15) is 39.0 Å². The van der Waals surface area contributed by atoms with Crippen molar-refractivity contribution in [2.75, 3.05) is 13.2 Å². The lowest BCUT2D eigenvalue weighted by atomic mass is 10.2. The van der Waals surface area contributed by atoms with Crippen molar-refractivity contribution in [1.29, 1.82) is 0 Å². The average Bonchev–Trinajstić information content (AvgIpc) is 2.14. The van der Waals surface area contributed by atoms with Crippen LogP contribution in [0.15, 0.2) is 0 Å². The van der Waals surface area contributed by atoms with Gasteiger partial charge in [0.25, 0.3) is 0 Å². The molecular weight excluding hydrogens is 168 g/mol. The first kappa shape index (κ1) is 10.7. The second-order valence-corrected chi connectivity index (χ2v) is 3.47. The first-order valence-electron chi connectivity index (χ1n) is 5.01. The molecule has 1 aliphatic heterocycles. The number of Topliss-reactive ketones (excluding diaryl/α,β-unsaturated/α-hetero) is 1. The van der Waals surface area contributed by atoms with Crippen LogP contribution in [0.4, 0.5) is 0 Å². The largest absolute Gasteiger partial charge is 0.353 e. The maximum absolute atomic E-state index is 10.6. The molecular formula is C10H18O3. The fourth-order valence-corrected chi connectivity index (χ4v) is 1.38. The Balaban J connectivity index is 1.95. The third-order valence-electron chi connectivity index (χ3n) is 2.11. The van der Waals surface area contributed by atoms with E-state index < -0.39 is 0 Å². The highest BCUT2D eigenvalue weighted by atomic mass is 16.7. The summed E-state index contributed by atoms with van der Waals surface area (Å²) in [5.74, 6) is 0.230. The molecule has 76 valence electrons. The maximum atomic E-state index is 10.6. The Hall–Kier alpha value is -0.410. The number of ketones is 1. The van der Waals surface area contributed by atoms with Gasteiger partial charge in [0.1, 0.15) is 5.78 Å². The summed E-state index contributed by atoms with van der Waals surface area (Å²) in [6.07, 6.45) is 4.76. The Morgan fingerprint density at radius 1 is 1.54 bits per heavy atom. The molecule has 1 fully saturated rings. The van der Waals surface area contributed by atoms with Crippen molar-refractivity contribution in [2.24, 2.45) is 0 Å². The van der Waals surface area contributed by atoms with E-state index in [9.17, 15) is 4.79 Å². The van der Waals surface area contributed by atoms with Crippen molar-refractivity contribution in [3.63, 3.8) is 0 Å². The zero-order valence-electron chi connectivity index (χ0n) is 8.25. The number of hydrogen-bond donors (Lipinski definition) is 0. The van der Waals surface area contributed by atoms with E-state index in [1.54, 1.807) is 6.92 Å². The number of hydrogen-bond acceptors (Lipinski definition) is 3. The Morgan fingerprint density at radius 3 is 3.00 bits per heavy atom. The highest BCUT2D eigenvalue weighted by Crippen LogP contribution is 2.13. The predicted molar refractivity (Wildman–Crippen MR) is 49.5 cm³/mol. The normalized spacial score (nSPS) is 23.0. The molecule has 0 aromatic rings. The summed E-state index contributed by atoms with van der Waals surface area (Å²) in [6.45, 7) is 3.07. The van der Waals surface area contributed by atoms with Crippen LogP contribution in [0.25, 0.3) is 0 Å². The van der Waals surface area contributed by atoms with Crippen molar-refractivity contribution < 1.29 is 14.3 Å². The van der Waals surface area contributed by atoms with Gasteiger partial charge in [0, 0.05) is 13.0 Å². The summed E-state index contributed by atoms with van der Waals surface area (Å²) >= 11 is 0. The van der Waals surface area contributed by atoms with E-state index in [1.807, 2.05) is 0 Å². The zero-order chi connectivity index (χ0) is 9.52. The summed E-state index contributed by atoms with van der Waals surface area (Å²) in [4.78, 5) is 10.6. The van der Waals surface area contributed by atoms with E-state index in [1.165, 1.54) is 6.42 Å². The van der Waals surface area contributed by atoms with Crippen LogP contribution in [0.2, 0.25) is 0 Å². The van der Waals surface area contributed by atoms with Crippen molar-refractivity contribution in [2.45, 2.75) is 45.3 Å². The fourth-order valence-electron chi connectivity index (χ4n) is 1.38. The Morgan fingerprint density at radius 2 is 2.38 bits per heavy atom. The topological polar surface area (TPSA) is 35.5 Å². The van der Waals surface area contributed by atoms with Crippen LogP contribution in [0.5, 0.6) is 0 Å². The van der Waals surface area contributed by atoms with Gasteiger partial charge in [0.2, 0.25) is 0 Å². The predicted octanol–water partition coefficient (Wildman–Crippen LogP) is 1.90. The molecule has 0 aromatic heterocycles. The smallest absolute Gasteiger partial charge is 0.157 e. The van der Waals surface area contributed by atoms with Crippen molar-refractivity contribution in [3.8, 4) is 0 Å². The van der Waals surface area contributed by atoms with Crippen molar-refractivity contribution >= 4 is 5.78 Å². The molecule has 0 spiro atoms. The number of ether oxygens (including phenoxy) is 2. The summed E-state index contributed by atoms with van der Waals surface area (Å²) < 4.78 is 10.8. The lowest BCUT2D eigenvalue weighted by molar-refractivity contribution is -0.163. The van der Waals surface area contributed by atoms with Gasteiger partial charge in [-0.1, -0.05) is 0 Å². The molecule has 3 heteroatoms. The van der Waals surface area contributed by atoms with Crippen LogP contribution in [-0.4, -0.2) is 25.3 Å². The van der Waals surface area contributed by atoms with Gasteiger partial charge in [-0.3, -0.25) is 0 Å². The van der Waals surface area contributed by atoms with E-state index in [-0.39, 0.29) is 12.1 Å². The van der Waals surface area contributed by atoms with Gasteiger partial charge >= 0.3 is 0 Å². The second kappa shape index (κ2) is 6.11. The van der Waals surface area contributed by atoms with Gasteiger partial charge in [-0.2, -0.15) is 0 Å². The molecule has 0 N–H and O–H groups in total. The molecule has 1 heterocycles. The van der Waals surface area contributed by atoms with Gasteiger partial charge in [-0.15, -0.1) is 0 Å². The molecule has 1 atom stereocenters. The molecule has 1 saturated heterocycles. The summed E-state index contributed by atoms with van der Waals surface area (Å²) in [5, 5.41) is 0. The third-order valence-corrected chi connectivity index (χ3v) is 2.11. The molecule has 1 rings (SSSR count). The van der Waals surface area contributed by atoms with E-state index in [0.717, 1.165) is 25.9 Å².